The lowest BCUT2D eigenvalue weighted by atomic mass is 10.0. The van der Waals surface area contributed by atoms with Crippen molar-refractivity contribution in [2.24, 2.45) is 0 Å². The molecule has 1 rings (SSSR count). The van der Waals surface area contributed by atoms with E-state index in [1.54, 1.807) is 6.07 Å². The van der Waals surface area contributed by atoms with Gasteiger partial charge in [0.1, 0.15) is 0 Å². The van der Waals surface area contributed by atoms with Crippen LogP contribution in [0.5, 0.6) is 0 Å². The van der Waals surface area contributed by atoms with Crippen LogP contribution in [-0.2, 0) is 6.42 Å². The van der Waals surface area contributed by atoms with Gasteiger partial charge in [-0.05, 0) is 30.5 Å². The van der Waals surface area contributed by atoms with Crippen molar-refractivity contribution in [3.63, 3.8) is 0 Å². The van der Waals surface area contributed by atoms with E-state index in [2.05, 4.69) is 6.92 Å². The number of hydrogen-bond donors (Lipinski definition) is 1. The Labute approximate surface area is 107 Å². The van der Waals surface area contributed by atoms with Crippen LogP contribution < -0.4 is 0 Å². The van der Waals surface area contributed by atoms with E-state index in [1.165, 1.54) is 12.8 Å². The third kappa shape index (κ3) is 4.73. The van der Waals surface area contributed by atoms with Crippen molar-refractivity contribution in [2.75, 3.05) is 0 Å². The zero-order valence-electron chi connectivity index (χ0n) is 9.55. The van der Waals surface area contributed by atoms with Gasteiger partial charge in [-0.1, -0.05) is 55.5 Å². The fourth-order valence-electron chi connectivity index (χ4n) is 1.67. The van der Waals surface area contributed by atoms with Gasteiger partial charge in [-0.3, -0.25) is 0 Å². The van der Waals surface area contributed by atoms with Crippen molar-refractivity contribution in [2.45, 2.75) is 45.1 Å². The molecule has 3 heteroatoms. The number of hydrogen-bond acceptors (Lipinski definition) is 1. The van der Waals surface area contributed by atoms with Gasteiger partial charge in [0.25, 0.3) is 0 Å². The van der Waals surface area contributed by atoms with Crippen LogP contribution >= 0.6 is 23.2 Å². The van der Waals surface area contributed by atoms with Gasteiger partial charge in [0.2, 0.25) is 0 Å². The summed E-state index contributed by atoms with van der Waals surface area (Å²) < 4.78 is 0. The van der Waals surface area contributed by atoms with Crippen molar-refractivity contribution < 1.29 is 5.11 Å². The SMILES string of the molecule is CCCCCC(O)Cc1ccc(Cl)cc1Cl. The van der Waals surface area contributed by atoms with Crippen molar-refractivity contribution in [3.05, 3.63) is 33.8 Å². The Hall–Kier alpha value is -0.240. The first-order chi connectivity index (χ1) is 7.63. The van der Waals surface area contributed by atoms with Gasteiger partial charge in [-0.25, -0.2) is 0 Å². The van der Waals surface area contributed by atoms with Crippen LogP contribution in [-0.4, -0.2) is 11.2 Å². The molecule has 0 spiro atoms. The molecule has 1 unspecified atom stereocenters. The largest absolute Gasteiger partial charge is 0.393 e. The summed E-state index contributed by atoms with van der Waals surface area (Å²) in [5.41, 5.74) is 0.968. The summed E-state index contributed by atoms with van der Waals surface area (Å²) in [7, 11) is 0. The lowest BCUT2D eigenvalue weighted by molar-refractivity contribution is 0.161. The van der Waals surface area contributed by atoms with Crippen molar-refractivity contribution >= 4 is 23.2 Å². The lowest BCUT2D eigenvalue weighted by Crippen LogP contribution is -2.10. The monoisotopic (exact) mass is 260 g/mol. The molecule has 0 aliphatic heterocycles. The summed E-state index contributed by atoms with van der Waals surface area (Å²) in [6.45, 7) is 2.16. The zero-order chi connectivity index (χ0) is 12.0. The second kappa shape index (κ2) is 7.16. The number of rotatable bonds is 6. The highest BCUT2D eigenvalue weighted by Gasteiger charge is 2.08. The van der Waals surface area contributed by atoms with Gasteiger partial charge in [0, 0.05) is 10.0 Å². The molecule has 16 heavy (non-hydrogen) atoms. The molecule has 0 amide bonds. The maximum Gasteiger partial charge on any atom is 0.0581 e. The quantitative estimate of drug-likeness (QED) is 0.748. The Balaban J connectivity index is 2.46. The minimum absolute atomic E-state index is 0.301. The highest BCUT2D eigenvalue weighted by atomic mass is 35.5. The molecule has 0 radical (unpaired) electrons. The molecule has 0 bridgehead atoms. The Morgan fingerprint density at radius 1 is 1.25 bits per heavy atom. The molecule has 1 nitrogen and oxygen atoms in total. The summed E-state index contributed by atoms with van der Waals surface area (Å²) in [6, 6.07) is 5.41. The second-order valence-corrected chi connectivity index (χ2v) is 4.93. The number of benzene rings is 1. The Morgan fingerprint density at radius 3 is 2.62 bits per heavy atom. The number of aliphatic hydroxyl groups excluding tert-OH is 1. The van der Waals surface area contributed by atoms with Crippen LogP contribution in [0.25, 0.3) is 0 Å². The molecule has 0 heterocycles. The maximum atomic E-state index is 9.83. The lowest BCUT2D eigenvalue weighted by Gasteiger charge is -2.11. The van der Waals surface area contributed by atoms with Crippen molar-refractivity contribution in [1.82, 2.24) is 0 Å². The maximum absolute atomic E-state index is 9.83. The van der Waals surface area contributed by atoms with Gasteiger partial charge in [0.05, 0.1) is 6.10 Å². The minimum atomic E-state index is -0.301. The summed E-state index contributed by atoms with van der Waals surface area (Å²) in [6.07, 6.45) is 4.57. The highest BCUT2D eigenvalue weighted by Crippen LogP contribution is 2.23. The van der Waals surface area contributed by atoms with Gasteiger partial charge >= 0.3 is 0 Å². The average Bonchev–Trinajstić information content (AvgIpc) is 2.23. The predicted octanol–water partition coefficient (Wildman–Crippen LogP) is 4.48. The summed E-state index contributed by atoms with van der Waals surface area (Å²) in [5.74, 6) is 0. The standard InChI is InChI=1S/C13H18Cl2O/c1-2-3-4-5-12(16)8-10-6-7-11(14)9-13(10)15/h6-7,9,12,16H,2-5,8H2,1H3. The van der Waals surface area contributed by atoms with Gasteiger partial charge in [0.15, 0.2) is 0 Å². The smallest absolute Gasteiger partial charge is 0.0581 e. The number of halogens is 2. The first-order valence-corrected chi connectivity index (χ1v) is 6.51. The number of aliphatic hydroxyl groups is 1. The van der Waals surface area contributed by atoms with Crippen molar-refractivity contribution in [1.29, 1.82) is 0 Å². The molecule has 0 aromatic heterocycles. The van der Waals surface area contributed by atoms with E-state index in [-0.39, 0.29) is 6.10 Å². The molecule has 0 saturated carbocycles. The molecule has 0 aliphatic rings. The van der Waals surface area contributed by atoms with Crippen LogP contribution in [0.2, 0.25) is 10.0 Å². The van der Waals surface area contributed by atoms with E-state index in [1.807, 2.05) is 12.1 Å². The van der Waals surface area contributed by atoms with E-state index >= 15 is 0 Å². The van der Waals surface area contributed by atoms with E-state index in [4.69, 9.17) is 23.2 Å². The van der Waals surface area contributed by atoms with Gasteiger partial charge in [-0.15, -0.1) is 0 Å². The Morgan fingerprint density at radius 2 is 2.00 bits per heavy atom. The van der Waals surface area contributed by atoms with Crippen molar-refractivity contribution in [3.8, 4) is 0 Å². The molecular weight excluding hydrogens is 243 g/mol. The predicted molar refractivity (Wildman–Crippen MR) is 70.3 cm³/mol. The molecule has 1 N–H and O–H groups in total. The van der Waals surface area contributed by atoms with Crippen LogP contribution in [0.1, 0.15) is 38.2 Å². The van der Waals surface area contributed by atoms with E-state index < -0.39 is 0 Å². The normalized spacial score (nSPS) is 12.8. The minimum Gasteiger partial charge on any atom is -0.393 e. The highest BCUT2D eigenvalue weighted by molar-refractivity contribution is 6.35. The third-order valence-corrected chi connectivity index (χ3v) is 3.20. The Bertz CT molecular complexity index is 326. The summed E-state index contributed by atoms with van der Waals surface area (Å²) >= 11 is 11.8. The Kier molecular flexibility index (Phi) is 6.18. The molecule has 0 fully saturated rings. The molecule has 0 saturated heterocycles. The van der Waals surface area contributed by atoms with Gasteiger partial charge in [-0.2, -0.15) is 0 Å². The van der Waals surface area contributed by atoms with Gasteiger partial charge < -0.3 is 5.11 Å². The molecule has 0 aliphatic carbocycles. The van der Waals surface area contributed by atoms with Crippen LogP contribution in [0.4, 0.5) is 0 Å². The first kappa shape index (κ1) is 13.8. The topological polar surface area (TPSA) is 20.2 Å². The van der Waals surface area contributed by atoms with Crippen LogP contribution in [0.3, 0.4) is 0 Å². The fourth-order valence-corrected chi connectivity index (χ4v) is 2.16. The molecular formula is C13H18Cl2O. The fraction of sp³-hybridized carbons (Fsp3) is 0.538. The van der Waals surface area contributed by atoms with Crippen LogP contribution in [0, 0.1) is 0 Å². The molecule has 90 valence electrons. The van der Waals surface area contributed by atoms with E-state index in [0.29, 0.717) is 16.5 Å². The van der Waals surface area contributed by atoms with Crippen LogP contribution in [0.15, 0.2) is 18.2 Å². The number of unbranched alkanes of at least 4 members (excludes halogenated alkanes) is 2. The van der Waals surface area contributed by atoms with E-state index in [9.17, 15) is 5.11 Å². The van der Waals surface area contributed by atoms with E-state index in [0.717, 1.165) is 18.4 Å². The second-order valence-electron chi connectivity index (χ2n) is 4.09. The third-order valence-electron chi connectivity index (χ3n) is 2.61. The average molecular weight is 261 g/mol. The molecule has 1 aromatic carbocycles. The molecule has 1 atom stereocenters. The zero-order valence-corrected chi connectivity index (χ0v) is 11.1. The summed E-state index contributed by atoms with van der Waals surface area (Å²) in [5, 5.41) is 11.1. The molecule has 1 aromatic rings. The summed E-state index contributed by atoms with van der Waals surface area (Å²) in [4.78, 5) is 0. The first-order valence-electron chi connectivity index (χ1n) is 5.75.